The zero-order valence-electron chi connectivity index (χ0n) is 11.1. The van der Waals surface area contributed by atoms with Gasteiger partial charge in [0.15, 0.2) is 0 Å². The summed E-state index contributed by atoms with van der Waals surface area (Å²) in [7, 11) is 0. The monoisotopic (exact) mass is 271 g/mol. The van der Waals surface area contributed by atoms with Crippen LogP contribution in [-0.2, 0) is 11.3 Å². The number of imidazole rings is 1. The number of nitrogens with zero attached hydrogens (tertiary/aromatic N) is 3. The average Bonchev–Trinajstić information content (AvgIpc) is 3.20. The van der Waals surface area contributed by atoms with E-state index in [-0.39, 0.29) is 11.8 Å². The molecule has 2 aromatic rings. The van der Waals surface area contributed by atoms with Crippen molar-refractivity contribution in [3.05, 3.63) is 30.9 Å². The molecule has 1 aliphatic carbocycles. The smallest absolute Gasteiger partial charge is 0.223 e. The summed E-state index contributed by atoms with van der Waals surface area (Å²) in [5.74, 6) is 0.884. The summed E-state index contributed by atoms with van der Waals surface area (Å²) in [5.41, 5.74) is 7.66. The SMILES string of the molecule is Nc1ncccc1-c1cncn1CCNC(=O)C1CC1. The highest BCUT2D eigenvalue weighted by Gasteiger charge is 2.29. The largest absolute Gasteiger partial charge is 0.383 e. The van der Waals surface area contributed by atoms with E-state index < -0.39 is 0 Å². The predicted molar refractivity (Wildman–Crippen MR) is 75.6 cm³/mol. The molecule has 1 aliphatic rings. The van der Waals surface area contributed by atoms with Gasteiger partial charge in [0, 0.05) is 30.8 Å². The Balaban J connectivity index is 1.67. The molecule has 0 radical (unpaired) electrons. The number of nitrogens with one attached hydrogen (secondary N) is 1. The number of nitrogens with two attached hydrogens (primary N) is 1. The van der Waals surface area contributed by atoms with Gasteiger partial charge in [0.05, 0.1) is 18.2 Å². The molecule has 6 nitrogen and oxygen atoms in total. The fourth-order valence-electron chi connectivity index (χ4n) is 2.15. The third kappa shape index (κ3) is 2.64. The third-order valence-electron chi connectivity index (χ3n) is 3.43. The molecule has 0 saturated heterocycles. The summed E-state index contributed by atoms with van der Waals surface area (Å²) in [4.78, 5) is 19.8. The van der Waals surface area contributed by atoms with Gasteiger partial charge in [-0.15, -0.1) is 0 Å². The van der Waals surface area contributed by atoms with E-state index in [9.17, 15) is 4.79 Å². The fourth-order valence-corrected chi connectivity index (χ4v) is 2.15. The second-order valence-electron chi connectivity index (χ2n) is 4.97. The summed E-state index contributed by atoms with van der Waals surface area (Å²) >= 11 is 0. The van der Waals surface area contributed by atoms with E-state index in [1.54, 1.807) is 18.7 Å². The van der Waals surface area contributed by atoms with Crippen LogP contribution in [0.2, 0.25) is 0 Å². The van der Waals surface area contributed by atoms with Crippen molar-refractivity contribution in [1.82, 2.24) is 19.9 Å². The van der Waals surface area contributed by atoms with Gasteiger partial charge in [0.2, 0.25) is 5.91 Å². The first-order valence-corrected chi connectivity index (χ1v) is 6.74. The Labute approximate surface area is 117 Å². The van der Waals surface area contributed by atoms with E-state index >= 15 is 0 Å². The first-order chi connectivity index (χ1) is 9.75. The molecule has 2 heterocycles. The molecule has 0 spiro atoms. The number of pyridine rings is 1. The van der Waals surface area contributed by atoms with Crippen molar-refractivity contribution in [2.45, 2.75) is 19.4 Å². The lowest BCUT2D eigenvalue weighted by Gasteiger charge is -2.10. The van der Waals surface area contributed by atoms with Crippen LogP contribution in [0.5, 0.6) is 0 Å². The van der Waals surface area contributed by atoms with Gasteiger partial charge in [-0.3, -0.25) is 4.79 Å². The van der Waals surface area contributed by atoms with Crippen molar-refractivity contribution in [2.24, 2.45) is 5.92 Å². The molecule has 0 aliphatic heterocycles. The molecule has 3 N–H and O–H groups in total. The highest BCUT2D eigenvalue weighted by molar-refractivity contribution is 5.80. The Morgan fingerprint density at radius 1 is 1.50 bits per heavy atom. The van der Waals surface area contributed by atoms with E-state index in [0.717, 1.165) is 24.1 Å². The van der Waals surface area contributed by atoms with E-state index in [1.807, 2.05) is 16.7 Å². The van der Waals surface area contributed by atoms with Crippen molar-refractivity contribution >= 4 is 11.7 Å². The van der Waals surface area contributed by atoms with Crippen LogP contribution in [0.15, 0.2) is 30.9 Å². The maximum Gasteiger partial charge on any atom is 0.223 e. The minimum atomic E-state index is 0.160. The molecule has 6 heteroatoms. The predicted octanol–water partition coefficient (Wildman–Crippen LogP) is 1.05. The fraction of sp³-hybridized carbons (Fsp3) is 0.357. The van der Waals surface area contributed by atoms with Crippen LogP contribution in [-0.4, -0.2) is 27.0 Å². The van der Waals surface area contributed by atoms with Crippen molar-refractivity contribution in [3.63, 3.8) is 0 Å². The lowest BCUT2D eigenvalue weighted by atomic mass is 10.2. The summed E-state index contributed by atoms with van der Waals surface area (Å²) in [6.45, 7) is 1.26. The van der Waals surface area contributed by atoms with Gasteiger partial charge in [-0.25, -0.2) is 9.97 Å². The summed E-state index contributed by atoms with van der Waals surface area (Å²) in [5, 5.41) is 2.94. The minimum absolute atomic E-state index is 0.160. The molecular formula is C14H17N5O. The summed E-state index contributed by atoms with van der Waals surface area (Å²) in [6.07, 6.45) is 7.21. The molecule has 1 amide bonds. The minimum Gasteiger partial charge on any atom is -0.383 e. The second-order valence-corrected chi connectivity index (χ2v) is 4.97. The van der Waals surface area contributed by atoms with Gasteiger partial charge in [-0.05, 0) is 25.0 Å². The third-order valence-corrected chi connectivity index (χ3v) is 3.43. The van der Waals surface area contributed by atoms with Gasteiger partial charge in [0.1, 0.15) is 5.82 Å². The van der Waals surface area contributed by atoms with Gasteiger partial charge in [-0.2, -0.15) is 0 Å². The number of nitrogen functional groups attached to an aromatic ring is 1. The summed E-state index contributed by atoms with van der Waals surface area (Å²) < 4.78 is 1.97. The van der Waals surface area contributed by atoms with Crippen LogP contribution < -0.4 is 11.1 Å². The Bertz CT molecular complexity index is 618. The zero-order valence-corrected chi connectivity index (χ0v) is 11.1. The highest BCUT2D eigenvalue weighted by Crippen LogP contribution is 2.28. The normalized spacial score (nSPS) is 14.2. The molecule has 1 saturated carbocycles. The molecule has 0 bridgehead atoms. The van der Waals surface area contributed by atoms with Crippen LogP contribution >= 0.6 is 0 Å². The zero-order chi connectivity index (χ0) is 13.9. The van der Waals surface area contributed by atoms with Gasteiger partial charge in [-0.1, -0.05) is 0 Å². The Morgan fingerprint density at radius 2 is 2.35 bits per heavy atom. The van der Waals surface area contributed by atoms with Crippen molar-refractivity contribution in [1.29, 1.82) is 0 Å². The first-order valence-electron chi connectivity index (χ1n) is 6.74. The molecule has 1 fully saturated rings. The number of hydrogen-bond acceptors (Lipinski definition) is 4. The standard InChI is InChI=1S/C14H17N5O/c15-13-11(2-1-5-17-13)12-8-16-9-19(12)7-6-18-14(20)10-3-4-10/h1-2,5,8-10H,3-4,6-7H2,(H2,15,17)(H,18,20). The number of hydrogen-bond donors (Lipinski definition) is 2. The molecule has 3 rings (SSSR count). The van der Waals surface area contributed by atoms with Crippen LogP contribution in [0.3, 0.4) is 0 Å². The number of aromatic nitrogens is 3. The highest BCUT2D eigenvalue weighted by atomic mass is 16.2. The van der Waals surface area contributed by atoms with E-state index in [1.165, 1.54) is 0 Å². The maximum absolute atomic E-state index is 11.6. The topological polar surface area (TPSA) is 85.8 Å². The Morgan fingerprint density at radius 3 is 3.10 bits per heavy atom. The molecule has 0 unspecified atom stereocenters. The van der Waals surface area contributed by atoms with E-state index in [4.69, 9.17) is 5.73 Å². The number of amides is 1. The summed E-state index contributed by atoms with van der Waals surface area (Å²) in [6, 6.07) is 3.76. The van der Waals surface area contributed by atoms with Gasteiger partial charge >= 0.3 is 0 Å². The van der Waals surface area contributed by atoms with Gasteiger partial charge < -0.3 is 15.6 Å². The molecular weight excluding hydrogens is 254 g/mol. The Hall–Kier alpha value is -2.37. The van der Waals surface area contributed by atoms with E-state index in [0.29, 0.717) is 18.9 Å². The lowest BCUT2D eigenvalue weighted by molar-refractivity contribution is -0.122. The maximum atomic E-state index is 11.6. The molecule has 2 aromatic heterocycles. The Kier molecular flexibility index (Phi) is 3.37. The van der Waals surface area contributed by atoms with Crippen LogP contribution in [0.25, 0.3) is 11.3 Å². The van der Waals surface area contributed by atoms with Crippen LogP contribution in [0.4, 0.5) is 5.82 Å². The second kappa shape index (κ2) is 5.32. The lowest BCUT2D eigenvalue weighted by Crippen LogP contribution is -2.28. The number of carbonyl (C=O) groups is 1. The van der Waals surface area contributed by atoms with Crippen molar-refractivity contribution < 1.29 is 4.79 Å². The quantitative estimate of drug-likeness (QED) is 0.851. The van der Waals surface area contributed by atoms with Gasteiger partial charge in [0.25, 0.3) is 0 Å². The first kappa shape index (κ1) is 12.7. The average molecular weight is 271 g/mol. The number of rotatable bonds is 5. The van der Waals surface area contributed by atoms with Crippen LogP contribution in [0, 0.1) is 5.92 Å². The van der Waals surface area contributed by atoms with Crippen molar-refractivity contribution in [3.8, 4) is 11.3 Å². The molecule has 20 heavy (non-hydrogen) atoms. The number of anilines is 1. The molecule has 0 aromatic carbocycles. The van der Waals surface area contributed by atoms with Crippen molar-refractivity contribution in [2.75, 3.05) is 12.3 Å². The van der Waals surface area contributed by atoms with Crippen LogP contribution in [0.1, 0.15) is 12.8 Å². The molecule has 104 valence electrons. The number of carbonyl (C=O) groups excluding carboxylic acids is 1. The molecule has 0 atom stereocenters. The van der Waals surface area contributed by atoms with E-state index in [2.05, 4.69) is 15.3 Å².